The molecule has 0 spiro atoms. The number of phenols is 1. The Morgan fingerprint density at radius 1 is 1.44 bits per heavy atom. The van der Waals surface area contributed by atoms with E-state index in [0.29, 0.717) is 5.69 Å². The van der Waals surface area contributed by atoms with E-state index in [1.165, 1.54) is 16.9 Å². The Morgan fingerprint density at radius 3 is 2.89 bits per heavy atom. The summed E-state index contributed by atoms with van der Waals surface area (Å²) in [5.74, 6) is 0.0485. The first-order valence-corrected chi connectivity index (χ1v) is 6.06. The third-order valence-corrected chi connectivity index (χ3v) is 3.29. The van der Waals surface area contributed by atoms with Crippen LogP contribution in [0.1, 0.15) is 5.69 Å². The SMILES string of the molecule is Oc1ccc(Br)cc1-n1cc(C2(F)COC2)nn1. The van der Waals surface area contributed by atoms with Gasteiger partial charge < -0.3 is 9.84 Å². The Kier molecular flexibility index (Phi) is 2.60. The van der Waals surface area contributed by atoms with Gasteiger partial charge in [0.15, 0.2) is 0 Å². The Bertz CT molecular complexity index is 598. The first kappa shape index (κ1) is 11.6. The average molecular weight is 314 g/mol. The summed E-state index contributed by atoms with van der Waals surface area (Å²) < 4.78 is 21.0. The molecule has 0 radical (unpaired) electrons. The summed E-state index contributed by atoms with van der Waals surface area (Å²) in [6, 6.07) is 4.90. The van der Waals surface area contributed by atoms with Crippen molar-refractivity contribution in [2.75, 3.05) is 13.2 Å². The molecule has 0 aliphatic carbocycles. The smallest absolute Gasteiger partial charge is 0.202 e. The van der Waals surface area contributed by atoms with E-state index in [1.54, 1.807) is 12.1 Å². The summed E-state index contributed by atoms with van der Waals surface area (Å²) in [7, 11) is 0. The number of aromatic nitrogens is 3. The number of alkyl halides is 1. The van der Waals surface area contributed by atoms with Gasteiger partial charge in [-0.05, 0) is 18.2 Å². The zero-order valence-corrected chi connectivity index (χ0v) is 10.8. The second kappa shape index (κ2) is 4.03. The predicted molar refractivity (Wildman–Crippen MR) is 64.3 cm³/mol. The fourth-order valence-electron chi connectivity index (χ4n) is 1.70. The molecule has 0 saturated carbocycles. The minimum Gasteiger partial charge on any atom is -0.506 e. The molecule has 18 heavy (non-hydrogen) atoms. The monoisotopic (exact) mass is 313 g/mol. The number of nitrogens with zero attached hydrogens (tertiary/aromatic N) is 3. The van der Waals surface area contributed by atoms with E-state index in [0.717, 1.165) is 4.47 Å². The van der Waals surface area contributed by atoms with Crippen molar-refractivity contribution in [3.8, 4) is 11.4 Å². The first-order chi connectivity index (χ1) is 8.58. The van der Waals surface area contributed by atoms with Gasteiger partial charge in [-0.1, -0.05) is 21.1 Å². The lowest BCUT2D eigenvalue weighted by Crippen LogP contribution is -2.42. The summed E-state index contributed by atoms with van der Waals surface area (Å²) >= 11 is 3.30. The number of ether oxygens (including phenoxy) is 1. The van der Waals surface area contributed by atoms with Gasteiger partial charge >= 0.3 is 0 Å². The summed E-state index contributed by atoms with van der Waals surface area (Å²) in [4.78, 5) is 0. The zero-order chi connectivity index (χ0) is 12.8. The zero-order valence-electron chi connectivity index (χ0n) is 9.18. The van der Waals surface area contributed by atoms with Gasteiger partial charge in [0, 0.05) is 4.47 Å². The van der Waals surface area contributed by atoms with Crippen LogP contribution in [0.4, 0.5) is 4.39 Å². The fourth-order valence-corrected chi connectivity index (χ4v) is 2.05. The highest BCUT2D eigenvalue weighted by Gasteiger charge is 2.43. The molecule has 1 aliphatic rings. The number of halogens is 2. The maximum absolute atomic E-state index is 14.0. The number of phenolic OH excluding ortho intramolecular Hbond substituents is 1. The van der Waals surface area contributed by atoms with Gasteiger partial charge in [-0.3, -0.25) is 0 Å². The molecule has 7 heteroatoms. The van der Waals surface area contributed by atoms with E-state index < -0.39 is 5.67 Å². The third-order valence-electron chi connectivity index (χ3n) is 2.80. The molecular formula is C11H9BrFN3O2. The van der Waals surface area contributed by atoms with Crippen molar-refractivity contribution in [3.05, 3.63) is 34.6 Å². The number of rotatable bonds is 2. The van der Waals surface area contributed by atoms with E-state index in [9.17, 15) is 9.50 Å². The quantitative estimate of drug-likeness (QED) is 0.920. The summed E-state index contributed by atoms with van der Waals surface area (Å²) in [6.45, 7) is -0.00762. The molecule has 1 aliphatic heterocycles. The molecular weight excluding hydrogens is 305 g/mol. The van der Waals surface area contributed by atoms with Crippen molar-refractivity contribution in [2.24, 2.45) is 0 Å². The van der Waals surface area contributed by atoms with Crippen LogP contribution in [0.25, 0.3) is 5.69 Å². The molecule has 0 amide bonds. The van der Waals surface area contributed by atoms with Gasteiger partial charge in [-0.15, -0.1) is 5.10 Å². The van der Waals surface area contributed by atoms with E-state index >= 15 is 0 Å². The van der Waals surface area contributed by atoms with Gasteiger partial charge in [0.25, 0.3) is 0 Å². The average Bonchev–Trinajstić information content (AvgIpc) is 2.79. The van der Waals surface area contributed by atoms with Gasteiger partial charge in [0.05, 0.1) is 19.4 Å². The largest absolute Gasteiger partial charge is 0.506 e. The van der Waals surface area contributed by atoms with Crippen molar-refractivity contribution < 1.29 is 14.2 Å². The van der Waals surface area contributed by atoms with Crippen LogP contribution in [0.3, 0.4) is 0 Å². The maximum atomic E-state index is 14.0. The molecule has 0 bridgehead atoms. The molecule has 2 heterocycles. The normalized spacial score (nSPS) is 17.4. The summed E-state index contributed by atoms with van der Waals surface area (Å²) in [6.07, 6.45) is 1.46. The van der Waals surface area contributed by atoms with E-state index in [-0.39, 0.29) is 24.7 Å². The lowest BCUT2D eigenvalue weighted by molar-refractivity contribution is -0.137. The van der Waals surface area contributed by atoms with Crippen LogP contribution in [0, 0.1) is 0 Å². The minimum absolute atomic E-state index is 0.00381. The summed E-state index contributed by atoms with van der Waals surface area (Å²) in [5, 5.41) is 17.4. The fraction of sp³-hybridized carbons (Fsp3) is 0.273. The van der Waals surface area contributed by atoms with E-state index in [4.69, 9.17) is 4.74 Å². The second-order valence-corrected chi connectivity index (χ2v) is 5.06. The van der Waals surface area contributed by atoms with Crippen molar-refractivity contribution >= 4 is 15.9 Å². The van der Waals surface area contributed by atoms with Crippen LogP contribution in [-0.2, 0) is 10.4 Å². The lowest BCUT2D eigenvalue weighted by atomic mass is 10.0. The van der Waals surface area contributed by atoms with Crippen LogP contribution in [0.2, 0.25) is 0 Å². The number of hydrogen-bond acceptors (Lipinski definition) is 4. The van der Waals surface area contributed by atoms with Crippen LogP contribution >= 0.6 is 15.9 Å². The number of benzene rings is 1. The molecule has 1 fully saturated rings. The van der Waals surface area contributed by atoms with Crippen LogP contribution in [-0.4, -0.2) is 33.3 Å². The maximum Gasteiger partial charge on any atom is 0.202 e. The van der Waals surface area contributed by atoms with Gasteiger partial charge in [0.1, 0.15) is 17.1 Å². The van der Waals surface area contributed by atoms with Gasteiger partial charge in [-0.2, -0.15) is 0 Å². The molecule has 1 aromatic heterocycles. The molecule has 2 aromatic rings. The van der Waals surface area contributed by atoms with Crippen molar-refractivity contribution in [1.82, 2.24) is 15.0 Å². The Balaban J connectivity index is 2.00. The third kappa shape index (κ3) is 1.79. The highest BCUT2D eigenvalue weighted by molar-refractivity contribution is 9.10. The predicted octanol–water partition coefficient (Wildman–Crippen LogP) is 1.93. The molecule has 0 atom stereocenters. The number of hydrogen-bond donors (Lipinski definition) is 1. The van der Waals surface area contributed by atoms with Crippen LogP contribution < -0.4 is 0 Å². The van der Waals surface area contributed by atoms with E-state index in [1.807, 2.05) is 0 Å². The molecule has 5 nitrogen and oxygen atoms in total. The molecule has 1 saturated heterocycles. The number of aromatic hydroxyl groups is 1. The Labute approximate surface area is 110 Å². The first-order valence-electron chi connectivity index (χ1n) is 5.27. The molecule has 1 N–H and O–H groups in total. The standard InChI is InChI=1S/C11H9BrFN3O2/c12-7-1-2-9(17)8(3-7)16-4-10(14-15-16)11(13)5-18-6-11/h1-4,17H,5-6H2. The van der Waals surface area contributed by atoms with Crippen LogP contribution in [0.5, 0.6) is 5.75 Å². The van der Waals surface area contributed by atoms with E-state index in [2.05, 4.69) is 26.2 Å². The molecule has 0 unspecified atom stereocenters. The minimum atomic E-state index is -1.56. The van der Waals surface area contributed by atoms with Crippen LogP contribution in [0.15, 0.2) is 28.9 Å². The highest BCUT2D eigenvalue weighted by Crippen LogP contribution is 2.33. The van der Waals surface area contributed by atoms with Crippen molar-refractivity contribution in [2.45, 2.75) is 5.67 Å². The van der Waals surface area contributed by atoms with Crippen molar-refractivity contribution in [1.29, 1.82) is 0 Å². The summed E-state index contributed by atoms with van der Waals surface area (Å²) in [5.41, 5.74) is -0.903. The van der Waals surface area contributed by atoms with Gasteiger partial charge in [-0.25, -0.2) is 9.07 Å². The topological polar surface area (TPSA) is 60.2 Å². The lowest BCUT2D eigenvalue weighted by Gasteiger charge is -2.31. The molecule has 94 valence electrons. The molecule has 3 rings (SSSR count). The van der Waals surface area contributed by atoms with Crippen molar-refractivity contribution in [3.63, 3.8) is 0 Å². The second-order valence-electron chi connectivity index (χ2n) is 4.14. The van der Waals surface area contributed by atoms with Gasteiger partial charge in [0.2, 0.25) is 5.67 Å². The highest BCUT2D eigenvalue weighted by atomic mass is 79.9. The Morgan fingerprint density at radius 2 is 2.22 bits per heavy atom. The Hall–Kier alpha value is -1.47. The molecule has 1 aromatic carbocycles.